The van der Waals surface area contributed by atoms with Crippen molar-refractivity contribution >= 4 is 11.9 Å². The zero-order chi connectivity index (χ0) is 25.3. The minimum absolute atomic E-state index is 0.168. The second-order valence-corrected chi connectivity index (χ2v) is 8.45. The van der Waals surface area contributed by atoms with Gasteiger partial charge in [0.1, 0.15) is 18.3 Å². The van der Waals surface area contributed by atoms with Crippen molar-refractivity contribution in [2.75, 3.05) is 0 Å². The van der Waals surface area contributed by atoms with Crippen molar-refractivity contribution in [3.63, 3.8) is 0 Å². The summed E-state index contributed by atoms with van der Waals surface area (Å²) in [5.41, 5.74) is 1.45. The fourth-order valence-electron chi connectivity index (χ4n) is 3.01. The fourth-order valence-corrected chi connectivity index (χ4v) is 3.01. The highest BCUT2D eigenvalue weighted by Gasteiger charge is 2.48. The summed E-state index contributed by atoms with van der Waals surface area (Å²) in [7, 11) is 0. The predicted molar refractivity (Wildman–Crippen MR) is 118 cm³/mol. The van der Waals surface area contributed by atoms with E-state index in [1.165, 1.54) is 6.08 Å². The minimum atomic E-state index is -1.88. The van der Waals surface area contributed by atoms with Crippen LogP contribution in [-0.4, -0.2) is 85.5 Å². The smallest absolute Gasteiger partial charge is 0.335 e. The number of carbonyl (C=O) groups is 2. The van der Waals surface area contributed by atoms with Crippen LogP contribution in [0.1, 0.15) is 47.0 Å². The molecular weight excluding hydrogens is 436 g/mol. The number of carboxylic acids is 1. The molecule has 0 bridgehead atoms. The Kier molecular flexibility index (Phi) is 11.9. The predicted octanol–water partition coefficient (Wildman–Crippen LogP) is 0.419. The Morgan fingerprint density at radius 1 is 1.00 bits per heavy atom. The molecule has 1 heterocycles. The van der Waals surface area contributed by atoms with Crippen molar-refractivity contribution in [3.8, 4) is 0 Å². The molecule has 0 amide bonds. The molecule has 33 heavy (non-hydrogen) atoms. The lowest BCUT2D eigenvalue weighted by Crippen LogP contribution is -2.60. The molecule has 8 atom stereocenters. The van der Waals surface area contributed by atoms with Gasteiger partial charge in [-0.25, -0.2) is 9.59 Å². The number of hydrogen-bond donors (Lipinski definition) is 6. The highest BCUT2D eigenvalue weighted by Crippen LogP contribution is 2.22. The van der Waals surface area contributed by atoms with E-state index in [2.05, 4.69) is 0 Å². The molecular formula is C23H36O10. The largest absolute Gasteiger partial charge is 0.479 e. The Morgan fingerprint density at radius 2 is 1.64 bits per heavy atom. The van der Waals surface area contributed by atoms with Gasteiger partial charge in [-0.05, 0) is 51.5 Å². The van der Waals surface area contributed by atoms with Crippen LogP contribution in [0.15, 0.2) is 35.5 Å². The van der Waals surface area contributed by atoms with Gasteiger partial charge in [-0.2, -0.15) is 0 Å². The van der Waals surface area contributed by atoms with Gasteiger partial charge in [0.05, 0.1) is 12.2 Å². The molecule has 0 aromatic carbocycles. The van der Waals surface area contributed by atoms with Crippen LogP contribution in [0.2, 0.25) is 0 Å². The van der Waals surface area contributed by atoms with E-state index in [1.807, 2.05) is 19.9 Å². The maximum Gasteiger partial charge on any atom is 0.335 e. The van der Waals surface area contributed by atoms with Crippen molar-refractivity contribution in [2.24, 2.45) is 5.92 Å². The molecule has 10 nitrogen and oxygen atoms in total. The van der Waals surface area contributed by atoms with Gasteiger partial charge in [-0.1, -0.05) is 30.7 Å². The summed E-state index contributed by atoms with van der Waals surface area (Å²) >= 11 is 0. The Hall–Kier alpha value is -2.08. The first-order chi connectivity index (χ1) is 15.3. The number of ether oxygens (including phenoxy) is 2. The number of aliphatic hydroxyl groups is 5. The lowest BCUT2D eigenvalue weighted by atomic mass is 9.98. The molecule has 1 aliphatic heterocycles. The van der Waals surface area contributed by atoms with Crippen LogP contribution < -0.4 is 0 Å². The first-order valence-electron chi connectivity index (χ1n) is 10.9. The van der Waals surface area contributed by atoms with Crippen molar-refractivity contribution in [2.45, 2.75) is 89.9 Å². The SMILES string of the molecule is CC(/C=C/C(=O)O[C@H]1O[C@@H](C(=O)O)[C@@H](O)[C@@H](O)[C@H]1O)=C\C[C@@H](O)/C(C)=C/CC[C@H](C)[C@@H](C)O. The molecule has 0 saturated carbocycles. The van der Waals surface area contributed by atoms with Gasteiger partial charge in [-0.3, -0.25) is 0 Å². The topological polar surface area (TPSA) is 174 Å². The Labute approximate surface area is 193 Å². The van der Waals surface area contributed by atoms with Gasteiger partial charge in [-0.15, -0.1) is 0 Å². The molecule has 1 saturated heterocycles. The van der Waals surface area contributed by atoms with Gasteiger partial charge in [0.25, 0.3) is 0 Å². The van der Waals surface area contributed by atoms with E-state index in [0.717, 1.165) is 24.5 Å². The number of aliphatic carboxylic acids is 1. The summed E-state index contributed by atoms with van der Waals surface area (Å²) < 4.78 is 9.74. The van der Waals surface area contributed by atoms with Crippen LogP contribution >= 0.6 is 0 Å². The van der Waals surface area contributed by atoms with Gasteiger partial charge in [0.2, 0.25) is 6.29 Å². The maximum absolute atomic E-state index is 12.0. The van der Waals surface area contributed by atoms with E-state index < -0.39 is 48.7 Å². The summed E-state index contributed by atoms with van der Waals surface area (Å²) in [6.07, 6.45) is -2.31. The summed E-state index contributed by atoms with van der Waals surface area (Å²) in [5.74, 6) is -2.37. The number of hydrogen-bond acceptors (Lipinski definition) is 9. The maximum atomic E-state index is 12.0. The van der Waals surface area contributed by atoms with Gasteiger partial charge < -0.3 is 40.1 Å². The molecule has 1 fully saturated rings. The van der Waals surface area contributed by atoms with Crippen LogP contribution in [0.3, 0.4) is 0 Å². The van der Waals surface area contributed by atoms with E-state index in [-0.39, 0.29) is 12.0 Å². The molecule has 0 aromatic rings. The second-order valence-electron chi connectivity index (χ2n) is 8.45. The van der Waals surface area contributed by atoms with Crippen molar-refractivity contribution < 1.29 is 49.7 Å². The van der Waals surface area contributed by atoms with Crippen LogP contribution in [0.25, 0.3) is 0 Å². The molecule has 0 aliphatic carbocycles. The second kappa shape index (κ2) is 13.6. The highest BCUT2D eigenvalue weighted by molar-refractivity contribution is 5.82. The first-order valence-corrected chi connectivity index (χ1v) is 10.9. The average molecular weight is 473 g/mol. The fraction of sp³-hybridized carbons (Fsp3) is 0.652. The molecule has 6 N–H and O–H groups in total. The number of allylic oxidation sites excluding steroid dienone is 3. The van der Waals surface area contributed by atoms with E-state index in [9.17, 15) is 35.1 Å². The zero-order valence-corrected chi connectivity index (χ0v) is 19.4. The number of carbonyl (C=O) groups excluding carboxylic acids is 1. The zero-order valence-electron chi connectivity index (χ0n) is 19.4. The number of rotatable bonds is 11. The van der Waals surface area contributed by atoms with Crippen molar-refractivity contribution in [3.05, 3.63) is 35.5 Å². The van der Waals surface area contributed by atoms with E-state index in [0.29, 0.717) is 12.0 Å². The lowest BCUT2D eigenvalue weighted by Gasteiger charge is -2.37. The minimum Gasteiger partial charge on any atom is -0.479 e. The van der Waals surface area contributed by atoms with E-state index >= 15 is 0 Å². The Balaban J connectivity index is 2.58. The monoisotopic (exact) mass is 472 g/mol. The number of carboxylic acid groups (broad SMARTS) is 1. The van der Waals surface area contributed by atoms with E-state index in [4.69, 9.17) is 14.6 Å². The summed E-state index contributed by atoms with van der Waals surface area (Å²) in [6.45, 7) is 7.23. The third-order valence-corrected chi connectivity index (χ3v) is 5.63. The van der Waals surface area contributed by atoms with E-state index in [1.54, 1.807) is 19.9 Å². The summed E-state index contributed by atoms with van der Waals surface area (Å²) in [4.78, 5) is 23.1. The molecule has 0 unspecified atom stereocenters. The molecule has 0 aromatic heterocycles. The van der Waals surface area contributed by atoms with Crippen molar-refractivity contribution in [1.29, 1.82) is 0 Å². The average Bonchev–Trinajstić information content (AvgIpc) is 2.75. The van der Waals surface area contributed by atoms with Crippen molar-refractivity contribution in [1.82, 2.24) is 0 Å². The van der Waals surface area contributed by atoms with Gasteiger partial charge in [0.15, 0.2) is 6.10 Å². The molecule has 1 aliphatic rings. The molecule has 0 radical (unpaired) electrons. The lowest BCUT2D eigenvalue weighted by molar-refractivity contribution is -0.284. The third kappa shape index (κ3) is 9.36. The molecule has 1 rings (SSSR count). The Bertz CT molecular complexity index is 742. The van der Waals surface area contributed by atoms with Crippen LogP contribution in [0, 0.1) is 5.92 Å². The highest BCUT2D eigenvalue weighted by atomic mass is 16.7. The van der Waals surface area contributed by atoms with Gasteiger partial charge in [0, 0.05) is 6.08 Å². The Morgan fingerprint density at radius 3 is 2.21 bits per heavy atom. The quantitative estimate of drug-likeness (QED) is 0.107. The summed E-state index contributed by atoms with van der Waals surface area (Å²) in [6, 6.07) is 0. The standard InChI is InChI=1S/C23H36O10/c1-12(8-10-16(25)14(3)7-5-6-13(2)15(4)24)9-11-17(26)32-23-20(29)18(27)19(28)21(33-23)22(30)31/h7-9,11,13,15-16,18-21,23-25,27-29H,5-6,10H2,1-4H3,(H,30,31)/b11-9+,12-8+,14-7+/t13-,15+,16+,18+,19-,20+,21+,23-/m0/s1. The van der Waals surface area contributed by atoms with Crippen LogP contribution in [0.4, 0.5) is 0 Å². The third-order valence-electron chi connectivity index (χ3n) is 5.63. The van der Waals surface area contributed by atoms with Gasteiger partial charge >= 0.3 is 11.9 Å². The normalized spacial score (nSPS) is 29.5. The van der Waals surface area contributed by atoms with Crippen LogP contribution in [0.5, 0.6) is 0 Å². The first kappa shape index (κ1) is 29.0. The summed E-state index contributed by atoms with van der Waals surface area (Å²) in [5, 5.41) is 58.0. The number of aliphatic hydroxyl groups excluding tert-OH is 5. The molecule has 10 heteroatoms. The molecule has 0 spiro atoms. The van der Waals surface area contributed by atoms with Crippen LogP contribution in [-0.2, 0) is 19.1 Å². The number of esters is 1. The molecule has 188 valence electrons.